The summed E-state index contributed by atoms with van der Waals surface area (Å²) >= 11 is 1.51. The van der Waals surface area contributed by atoms with E-state index in [0.29, 0.717) is 34.8 Å². The van der Waals surface area contributed by atoms with E-state index < -0.39 is 17.4 Å². The molecule has 1 heterocycles. The average Bonchev–Trinajstić information content (AvgIpc) is 2.96. The van der Waals surface area contributed by atoms with E-state index in [2.05, 4.69) is 5.32 Å². The van der Waals surface area contributed by atoms with Crippen molar-refractivity contribution in [3.8, 4) is 5.75 Å². The van der Waals surface area contributed by atoms with Gasteiger partial charge in [-0.25, -0.2) is 4.79 Å². The minimum absolute atomic E-state index is 0.0377. The van der Waals surface area contributed by atoms with Crippen LogP contribution in [0.25, 0.3) is 0 Å². The van der Waals surface area contributed by atoms with Crippen molar-refractivity contribution in [2.45, 2.75) is 25.3 Å². The van der Waals surface area contributed by atoms with E-state index in [1.165, 1.54) is 25.8 Å². The second-order valence-electron chi connectivity index (χ2n) is 5.50. The van der Waals surface area contributed by atoms with Crippen LogP contribution in [0.15, 0.2) is 18.2 Å². The van der Waals surface area contributed by atoms with Crippen molar-refractivity contribution in [3.05, 3.63) is 29.3 Å². The molecule has 0 spiro atoms. The highest BCUT2D eigenvalue weighted by Gasteiger charge is 2.43. The maximum atomic E-state index is 12.3. The normalized spacial score (nSPS) is 20.1. The fourth-order valence-corrected chi connectivity index (χ4v) is 3.83. The molecular formula is C16H19NO5S. The van der Waals surface area contributed by atoms with E-state index in [9.17, 15) is 19.5 Å². The van der Waals surface area contributed by atoms with Crippen molar-refractivity contribution in [3.63, 3.8) is 0 Å². The molecule has 0 bridgehead atoms. The predicted molar refractivity (Wildman–Crippen MR) is 87.2 cm³/mol. The number of aliphatic carboxylic acids is 1. The van der Waals surface area contributed by atoms with Gasteiger partial charge in [-0.2, -0.15) is 11.8 Å². The van der Waals surface area contributed by atoms with Crippen LogP contribution in [0.3, 0.4) is 0 Å². The van der Waals surface area contributed by atoms with E-state index in [0.717, 1.165) is 0 Å². The minimum atomic E-state index is -1.20. The number of methoxy groups -OCH3 is 1. The zero-order chi connectivity index (χ0) is 17.0. The van der Waals surface area contributed by atoms with Crippen LogP contribution >= 0.6 is 11.8 Å². The summed E-state index contributed by atoms with van der Waals surface area (Å²) in [5.74, 6) is 0.0436. The standard InChI is InChI=1S/C16H19NO5S/c1-10(18)11-3-4-13(22-2)12(7-11)8-14(19)17-16(15(20)21)5-6-23-9-16/h3-4,7H,5-6,8-9H2,1-2H3,(H,17,19)(H,20,21). The lowest BCUT2D eigenvalue weighted by molar-refractivity contribution is -0.146. The Kier molecular flexibility index (Phi) is 5.30. The molecule has 0 radical (unpaired) electrons. The van der Waals surface area contributed by atoms with Gasteiger partial charge in [0.25, 0.3) is 0 Å². The number of Topliss-reactive ketones (excluding diaryl/α,β-unsaturated/α-hetero) is 1. The number of benzene rings is 1. The van der Waals surface area contributed by atoms with Crippen molar-refractivity contribution in [2.75, 3.05) is 18.6 Å². The van der Waals surface area contributed by atoms with Crippen molar-refractivity contribution in [2.24, 2.45) is 0 Å². The van der Waals surface area contributed by atoms with Gasteiger partial charge in [0.2, 0.25) is 5.91 Å². The monoisotopic (exact) mass is 337 g/mol. The number of hydrogen-bond donors (Lipinski definition) is 2. The van der Waals surface area contributed by atoms with Crippen molar-refractivity contribution in [1.29, 1.82) is 0 Å². The summed E-state index contributed by atoms with van der Waals surface area (Å²) in [6.07, 6.45) is 0.368. The Bertz CT molecular complexity index is 637. The molecule has 124 valence electrons. The number of hydrogen-bond acceptors (Lipinski definition) is 5. The van der Waals surface area contributed by atoms with E-state index in [4.69, 9.17) is 4.74 Å². The molecule has 1 saturated heterocycles. The Balaban J connectivity index is 2.17. The van der Waals surface area contributed by atoms with E-state index >= 15 is 0 Å². The number of carbonyl (C=O) groups excluding carboxylic acids is 2. The molecule has 6 nitrogen and oxygen atoms in total. The summed E-state index contributed by atoms with van der Waals surface area (Å²) in [6.45, 7) is 1.45. The highest BCUT2D eigenvalue weighted by molar-refractivity contribution is 7.99. The third-order valence-electron chi connectivity index (χ3n) is 3.85. The van der Waals surface area contributed by atoms with Crippen LogP contribution in [0.4, 0.5) is 0 Å². The minimum Gasteiger partial charge on any atom is -0.496 e. The largest absolute Gasteiger partial charge is 0.496 e. The van der Waals surface area contributed by atoms with E-state index in [1.807, 2.05) is 0 Å². The molecule has 1 atom stereocenters. The van der Waals surface area contributed by atoms with Crippen LogP contribution in [0.5, 0.6) is 5.75 Å². The Morgan fingerprint density at radius 1 is 1.39 bits per heavy atom. The Hall–Kier alpha value is -2.02. The van der Waals surface area contributed by atoms with Gasteiger partial charge in [0.15, 0.2) is 5.78 Å². The Morgan fingerprint density at radius 2 is 2.13 bits per heavy atom. The van der Waals surface area contributed by atoms with Gasteiger partial charge in [-0.1, -0.05) is 0 Å². The quantitative estimate of drug-likeness (QED) is 0.765. The topological polar surface area (TPSA) is 92.7 Å². The third-order valence-corrected chi connectivity index (χ3v) is 5.04. The highest BCUT2D eigenvalue weighted by atomic mass is 32.2. The first-order chi connectivity index (χ1) is 10.9. The number of carboxylic acid groups (broad SMARTS) is 1. The highest BCUT2D eigenvalue weighted by Crippen LogP contribution is 2.29. The molecule has 1 fully saturated rings. The number of amides is 1. The van der Waals surface area contributed by atoms with Gasteiger partial charge < -0.3 is 15.2 Å². The first-order valence-corrected chi connectivity index (χ1v) is 8.33. The van der Waals surface area contributed by atoms with Crippen LogP contribution in [0, 0.1) is 0 Å². The molecule has 1 aliphatic heterocycles. The SMILES string of the molecule is COc1ccc(C(C)=O)cc1CC(=O)NC1(C(=O)O)CCSC1. The smallest absolute Gasteiger partial charge is 0.330 e. The number of nitrogens with one attached hydrogen (secondary N) is 1. The van der Waals surface area contributed by atoms with Crippen molar-refractivity contribution < 1.29 is 24.2 Å². The molecule has 2 N–H and O–H groups in total. The number of carbonyl (C=O) groups is 3. The molecule has 1 aliphatic rings. The van der Waals surface area contributed by atoms with Crippen LogP contribution in [-0.4, -0.2) is 46.9 Å². The lowest BCUT2D eigenvalue weighted by Gasteiger charge is -2.24. The predicted octanol–water partition coefficient (Wildman–Crippen LogP) is 1.52. The zero-order valence-electron chi connectivity index (χ0n) is 13.0. The van der Waals surface area contributed by atoms with Crippen LogP contribution in [0.2, 0.25) is 0 Å². The fraction of sp³-hybridized carbons (Fsp3) is 0.438. The first kappa shape index (κ1) is 17.3. The van der Waals surface area contributed by atoms with E-state index in [-0.39, 0.29) is 12.2 Å². The number of rotatable bonds is 6. The van der Waals surface area contributed by atoms with Gasteiger partial charge in [-0.15, -0.1) is 0 Å². The summed E-state index contributed by atoms with van der Waals surface area (Å²) < 4.78 is 5.21. The molecule has 1 unspecified atom stereocenters. The molecule has 0 aliphatic carbocycles. The summed E-state index contributed by atoms with van der Waals surface area (Å²) in [5.41, 5.74) is -0.158. The molecule has 1 amide bonds. The number of ether oxygens (including phenoxy) is 1. The van der Waals surface area contributed by atoms with Crippen LogP contribution < -0.4 is 10.1 Å². The average molecular weight is 337 g/mol. The maximum absolute atomic E-state index is 12.3. The van der Waals surface area contributed by atoms with Gasteiger partial charge in [0.05, 0.1) is 13.5 Å². The van der Waals surface area contributed by atoms with Gasteiger partial charge >= 0.3 is 5.97 Å². The summed E-state index contributed by atoms with van der Waals surface area (Å²) in [5, 5.41) is 12.0. The lowest BCUT2D eigenvalue weighted by atomic mass is 9.98. The molecule has 1 aromatic rings. The molecule has 23 heavy (non-hydrogen) atoms. The second-order valence-corrected chi connectivity index (χ2v) is 6.60. The van der Waals surface area contributed by atoms with Crippen LogP contribution in [-0.2, 0) is 16.0 Å². The fourth-order valence-electron chi connectivity index (χ4n) is 2.51. The molecule has 2 rings (SSSR count). The first-order valence-electron chi connectivity index (χ1n) is 7.18. The summed E-state index contributed by atoms with van der Waals surface area (Å²) in [6, 6.07) is 4.88. The summed E-state index contributed by atoms with van der Waals surface area (Å²) in [7, 11) is 1.48. The summed E-state index contributed by atoms with van der Waals surface area (Å²) in [4.78, 5) is 35.3. The van der Waals surface area contributed by atoms with Crippen LogP contribution in [0.1, 0.15) is 29.3 Å². The van der Waals surface area contributed by atoms with Gasteiger partial charge in [-0.05, 0) is 37.3 Å². The maximum Gasteiger partial charge on any atom is 0.330 e. The Morgan fingerprint density at radius 3 is 2.65 bits per heavy atom. The lowest BCUT2D eigenvalue weighted by Crippen LogP contribution is -2.55. The molecule has 1 aromatic carbocycles. The second kappa shape index (κ2) is 7.04. The number of ketones is 1. The molecule has 7 heteroatoms. The van der Waals surface area contributed by atoms with Gasteiger partial charge in [0.1, 0.15) is 11.3 Å². The molecule has 0 saturated carbocycles. The Labute approximate surface area is 138 Å². The molecular weight excluding hydrogens is 318 g/mol. The third kappa shape index (κ3) is 3.85. The van der Waals surface area contributed by atoms with Gasteiger partial charge in [-0.3, -0.25) is 9.59 Å². The van der Waals surface area contributed by atoms with Crippen molar-refractivity contribution in [1.82, 2.24) is 5.32 Å². The number of thioether (sulfide) groups is 1. The van der Waals surface area contributed by atoms with Gasteiger partial charge in [0, 0.05) is 16.9 Å². The van der Waals surface area contributed by atoms with E-state index in [1.54, 1.807) is 18.2 Å². The molecule has 0 aromatic heterocycles. The zero-order valence-corrected chi connectivity index (χ0v) is 13.9. The van der Waals surface area contributed by atoms with Crippen molar-refractivity contribution >= 4 is 29.4 Å². The number of carboxylic acids is 1.